The number of carbonyl (C=O) groups is 1. The standard InChI is InChI=1S/C25H22F4N4O2S/c1-15(18-7-8-19(21(26)11-18)14-32-36(2)35)24(34)31-13-20-9-10-22(25(27,28)29)33-23(20)17-5-3-16(12-30)4-6-17/h3-11,15,32H,13-14H2,1-2H3,(H,31,34). The number of amides is 1. The summed E-state index contributed by atoms with van der Waals surface area (Å²) in [5, 5.41) is 11.7. The van der Waals surface area contributed by atoms with Gasteiger partial charge in [-0.3, -0.25) is 4.79 Å². The molecule has 11 heteroatoms. The molecule has 3 aromatic rings. The van der Waals surface area contributed by atoms with Crippen LogP contribution in [0.15, 0.2) is 54.6 Å². The molecule has 2 atom stereocenters. The summed E-state index contributed by atoms with van der Waals surface area (Å²) in [5.74, 6) is -1.76. The van der Waals surface area contributed by atoms with Crippen LogP contribution in [0.2, 0.25) is 0 Å². The maximum atomic E-state index is 14.4. The van der Waals surface area contributed by atoms with Crippen LogP contribution in [0.3, 0.4) is 0 Å². The van der Waals surface area contributed by atoms with Crippen LogP contribution < -0.4 is 10.0 Å². The molecule has 6 nitrogen and oxygen atoms in total. The van der Waals surface area contributed by atoms with Gasteiger partial charge in [-0.15, -0.1) is 0 Å². The first kappa shape index (κ1) is 27.0. The quantitative estimate of drug-likeness (QED) is 0.427. The van der Waals surface area contributed by atoms with Crippen molar-refractivity contribution in [1.82, 2.24) is 15.0 Å². The fraction of sp³-hybridized carbons (Fsp3) is 0.240. The molecular weight excluding hydrogens is 496 g/mol. The van der Waals surface area contributed by atoms with Crippen LogP contribution in [0, 0.1) is 17.1 Å². The zero-order valence-electron chi connectivity index (χ0n) is 19.3. The molecule has 3 rings (SSSR count). The molecule has 0 aliphatic rings. The minimum atomic E-state index is -4.66. The number of rotatable bonds is 8. The highest BCUT2D eigenvalue weighted by Gasteiger charge is 2.33. The summed E-state index contributed by atoms with van der Waals surface area (Å²) in [6.45, 7) is 1.53. The van der Waals surface area contributed by atoms with E-state index in [1.807, 2.05) is 6.07 Å². The van der Waals surface area contributed by atoms with Gasteiger partial charge in [0.1, 0.15) is 11.5 Å². The van der Waals surface area contributed by atoms with Crippen molar-refractivity contribution in [3.05, 3.63) is 88.4 Å². The Bertz CT molecular complexity index is 1320. The number of hydrogen-bond donors (Lipinski definition) is 2. The highest BCUT2D eigenvalue weighted by atomic mass is 32.2. The number of carbonyl (C=O) groups excluding carboxylic acids is 1. The normalized spacial score (nSPS) is 13.0. The summed E-state index contributed by atoms with van der Waals surface area (Å²) in [7, 11) is -1.30. The maximum absolute atomic E-state index is 14.4. The molecule has 0 aliphatic heterocycles. The number of alkyl halides is 3. The zero-order valence-corrected chi connectivity index (χ0v) is 20.1. The molecule has 0 saturated heterocycles. The molecule has 0 aliphatic carbocycles. The molecule has 2 N–H and O–H groups in total. The van der Waals surface area contributed by atoms with Crippen LogP contribution in [-0.4, -0.2) is 21.4 Å². The van der Waals surface area contributed by atoms with Gasteiger partial charge in [-0.2, -0.15) is 18.4 Å². The average molecular weight is 519 g/mol. The minimum Gasteiger partial charge on any atom is -0.351 e. The van der Waals surface area contributed by atoms with Crippen molar-refractivity contribution >= 4 is 16.9 Å². The van der Waals surface area contributed by atoms with Crippen LogP contribution in [0.4, 0.5) is 17.6 Å². The Kier molecular flexibility index (Phi) is 8.55. The predicted octanol–water partition coefficient (Wildman–Crippen LogP) is 4.58. The van der Waals surface area contributed by atoms with Crippen LogP contribution in [0.1, 0.15) is 40.8 Å². The van der Waals surface area contributed by atoms with Crippen molar-refractivity contribution < 1.29 is 26.6 Å². The first-order valence-electron chi connectivity index (χ1n) is 10.7. The van der Waals surface area contributed by atoms with E-state index in [1.54, 1.807) is 13.0 Å². The van der Waals surface area contributed by atoms with Gasteiger partial charge in [0.25, 0.3) is 0 Å². The lowest BCUT2D eigenvalue weighted by Crippen LogP contribution is -2.28. The molecule has 2 unspecified atom stereocenters. The van der Waals surface area contributed by atoms with Crippen LogP contribution in [0.25, 0.3) is 11.3 Å². The third-order valence-corrected chi connectivity index (χ3v) is 6.00. The lowest BCUT2D eigenvalue weighted by atomic mass is 9.98. The average Bonchev–Trinajstić information content (AvgIpc) is 2.85. The summed E-state index contributed by atoms with van der Waals surface area (Å²) in [5.41, 5.74) is 0.686. The first-order valence-corrected chi connectivity index (χ1v) is 12.3. The Morgan fingerprint density at radius 3 is 2.33 bits per heavy atom. The van der Waals surface area contributed by atoms with Gasteiger partial charge >= 0.3 is 6.18 Å². The largest absolute Gasteiger partial charge is 0.433 e. The molecule has 1 aromatic heterocycles. The molecule has 0 bridgehead atoms. The van der Waals surface area contributed by atoms with Crippen molar-refractivity contribution in [2.24, 2.45) is 0 Å². The van der Waals surface area contributed by atoms with Gasteiger partial charge in [0.05, 0.1) is 34.2 Å². The molecule has 188 valence electrons. The van der Waals surface area contributed by atoms with Crippen LogP contribution >= 0.6 is 0 Å². The van der Waals surface area contributed by atoms with Gasteiger partial charge < -0.3 is 5.32 Å². The monoisotopic (exact) mass is 518 g/mol. The van der Waals surface area contributed by atoms with E-state index in [0.29, 0.717) is 27.8 Å². The Balaban J connectivity index is 1.80. The summed E-state index contributed by atoms with van der Waals surface area (Å²) < 4.78 is 68.0. The number of nitrogens with one attached hydrogen (secondary N) is 2. The highest BCUT2D eigenvalue weighted by molar-refractivity contribution is 7.82. The Morgan fingerprint density at radius 1 is 1.08 bits per heavy atom. The molecule has 0 radical (unpaired) electrons. The third kappa shape index (κ3) is 6.74. The Labute approximate surface area is 208 Å². The fourth-order valence-corrected chi connectivity index (χ4v) is 3.74. The maximum Gasteiger partial charge on any atom is 0.433 e. The zero-order chi connectivity index (χ0) is 26.5. The Hall–Kier alpha value is -3.62. The molecule has 0 spiro atoms. The molecule has 2 aromatic carbocycles. The number of nitriles is 1. The van der Waals surface area contributed by atoms with Crippen LogP contribution in [0.5, 0.6) is 0 Å². The lowest BCUT2D eigenvalue weighted by molar-refractivity contribution is -0.141. The molecule has 36 heavy (non-hydrogen) atoms. The summed E-state index contributed by atoms with van der Waals surface area (Å²) in [4.78, 5) is 16.5. The number of halogens is 4. The molecule has 1 heterocycles. The number of benzene rings is 2. The van der Waals surface area contributed by atoms with Gasteiger partial charge in [-0.1, -0.05) is 30.3 Å². The van der Waals surface area contributed by atoms with Crippen LogP contribution in [-0.2, 0) is 35.0 Å². The van der Waals surface area contributed by atoms with Gasteiger partial charge in [-0.05, 0) is 42.3 Å². The van der Waals surface area contributed by atoms with E-state index in [2.05, 4.69) is 15.0 Å². The van der Waals surface area contributed by atoms with E-state index in [9.17, 15) is 26.6 Å². The fourth-order valence-electron chi connectivity index (χ4n) is 3.38. The van der Waals surface area contributed by atoms with E-state index in [-0.39, 0.29) is 18.8 Å². The number of pyridine rings is 1. The van der Waals surface area contributed by atoms with Crippen molar-refractivity contribution in [3.8, 4) is 17.3 Å². The van der Waals surface area contributed by atoms with E-state index in [1.165, 1.54) is 48.7 Å². The van der Waals surface area contributed by atoms with Crippen molar-refractivity contribution in [1.29, 1.82) is 5.26 Å². The number of hydrogen-bond acceptors (Lipinski definition) is 4. The summed E-state index contributed by atoms with van der Waals surface area (Å²) in [6.07, 6.45) is -3.23. The van der Waals surface area contributed by atoms with E-state index < -0.39 is 40.5 Å². The van der Waals surface area contributed by atoms with Gasteiger partial charge in [-0.25, -0.2) is 18.3 Å². The Morgan fingerprint density at radius 2 is 1.75 bits per heavy atom. The first-order chi connectivity index (χ1) is 17.0. The second kappa shape index (κ2) is 11.4. The second-order valence-corrected chi connectivity index (χ2v) is 9.15. The van der Waals surface area contributed by atoms with Gasteiger partial charge in [0.15, 0.2) is 0 Å². The summed E-state index contributed by atoms with van der Waals surface area (Å²) >= 11 is 0. The van der Waals surface area contributed by atoms with Gasteiger partial charge in [0, 0.05) is 30.5 Å². The SMILES string of the molecule is CC(C(=O)NCc1ccc(C(F)(F)F)nc1-c1ccc(C#N)cc1)c1ccc(CNS(C)=O)c(F)c1. The highest BCUT2D eigenvalue weighted by Crippen LogP contribution is 2.31. The summed E-state index contributed by atoms with van der Waals surface area (Å²) in [6, 6.07) is 14.2. The minimum absolute atomic E-state index is 0.0264. The second-order valence-electron chi connectivity index (χ2n) is 7.96. The molecule has 0 saturated carbocycles. The van der Waals surface area contributed by atoms with Gasteiger partial charge in [0.2, 0.25) is 5.91 Å². The van der Waals surface area contributed by atoms with E-state index in [0.717, 1.165) is 6.07 Å². The van der Waals surface area contributed by atoms with Crippen molar-refractivity contribution in [2.75, 3.05) is 6.26 Å². The smallest absolute Gasteiger partial charge is 0.351 e. The molecule has 1 amide bonds. The van der Waals surface area contributed by atoms with Crippen molar-refractivity contribution in [2.45, 2.75) is 32.1 Å². The topological polar surface area (TPSA) is 94.9 Å². The predicted molar refractivity (Wildman–Crippen MR) is 127 cm³/mol. The van der Waals surface area contributed by atoms with E-state index in [4.69, 9.17) is 5.26 Å². The lowest BCUT2D eigenvalue weighted by Gasteiger charge is -2.16. The number of aromatic nitrogens is 1. The molecular formula is C25H22F4N4O2S. The molecule has 0 fully saturated rings. The number of nitrogens with zero attached hydrogens (tertiary/aromatic N) is 2. The van der Waals surface area contributed by atoms with Crippen molar-refractivity contribution in [3.63, 3.8) is 0 Å². The third-order valence-electron chi connectivity index (χ3n) is 5.45. The van der Waals surface area contributed by atoms with E-state index >= 15 is 0 Å².